The summed E-state index contributed by atoms with van der Waals surface area (Å²) in [5, 5.41) is 0. The lowest BCUT2D eigenvalue weighted by Gasteiger charge is -2.34. The normalized spacial score (nSPS) is 18.4. The summed E-state index contributed by atoms with van der Waals surface area (Å²) in [6.45, 7) is 3.45. The number of aryl methyl sites for hydroxylation is 2. The Morgan fingerprint density at radius 1 is 1.08 bits per heavy atom. The predicted octanol–water partition coefficient (Wildman–Crippen LogP) is 5.14. The fraction of sp³-hybridized carbons (Fsp3) is 0.211. The van der Waals surface area contributed by atoms with Gasteiger partial charge in [-0.1, -0.05) is 18.2 Å². The molecule has 0 saturated heterocycles. The zero-order valence-electron chi connectivity index (χ0n) is 14.6. The van der Waals surface area contributed by atoms with Gasteiger partial charge in [0.2, 0.25) is 0 Å². The molecule has 0 saturated carbocycles. The smallest absolute Gasteiger partial charge is 0.393 e. The van der Waals surface area contributed by atoms with E-state index in [2.05, 4.69) is 22.6 Å². The summed E-state index contributed by atoms with van der Waals surface area (Å²) in [4.78, 5) is 0. The molecule has 0 atom stereocenters. The van der Waals surface area contributed by atoms with Gasteiger partial charge in [0, 0.05) is 33.4 Å². The molecule has 0 aliphatic carbocycles. The first-order valence-corrected chi connectivity index (χ1v) is 9.35. The maximum absolute atomic E-state index is 15.5. The molecule has 3 heterocycles. The number of rotatable bonds is 1. The van der Waals surface area contributed by atoms with Gasteiger partial charge in [-0.3, -0.25) is 0 Å². The molecule has 2 aromatic rings. The number of hydrogen-bond donors (Lipinski definition) is 0. The van der Waals surface area contributed by atoms with Crippen molar-refractivity contribution < 1.29 is 13.1 Å². The molecule has 25 heavy (non-hydrogen) atoms. The fourth-order valence-electron chi connectivity index (χ4n) is 4.22. The zero-order valence-corrected chi connectivity index (χ0v) is 16.7. The van der Waals surface area contributed by atoms with E-state index in [-0.39, 0.29) is 0 Å². The van der Waals surface area contributed by atoms with E-state index < -0.39 is 6.97 Å². The molecule has 0 N–H and O–H groups in total. The second kappa shape index (κ2) is 5.40. The van der Waals surface area contributed by atoms with E-state index >= 15 is 8.63 Å². The Morgan fingerprint density at radius 2 is 1.76 bits per heavy atom. The van der Waals surface area contributed by atoms with E-state index in [1.165, 1.54) is 8.96 Å². The highest BCUT2D eigenvalue weighted by Crippen LogP contribution is 2.44. The molecular formula is C19H18BF2IN2. The Bertz CT molecular complexity index is 1030. The highest BCUT2D eigenvalue weighted by atomic mass is 127. The molecule has 0 amide bonds. The van der Waals surface area contributed by atoms with Crippen LogP contribution in [0.4, 0.5) is 8.63 Å². The number of nitrogens with zero attached hydrogens (tertiary/aromatic N) is 2. The largest absolute Gasteiger partial charge is 0.737 e. The molecule has 0 radical (unpaired) electrons. The molecule has 4 rings (SSSR count). The molecule has 1 aromatic heterocycles. The fourth-order valence-corrected chi connectivity index (χ4v) is 4.87. The molecule has 1 aromatic carbocycles. The Labute approximate surface area is 159 Å². The average Bonchev–Trinajstić information content (AvgIpc) is 2.99. The van der Waals surface area contributed by atoms with Crippen molar-refractivity contribution in [2.75, 3.05) is 0 Å². The number of fused-ring (bicyclic) bond motifs is 2. The van der Waals surface area contributed by atoms with Crippen molar-refractivity contribution in [3.8, 4) is 0 Å². The van der Waals surface area contributed by atoms with Crippen LogP contribution in [0.25, 0.3) is 5.57 Å². The van der Waals surface area contributed by atoms with E-state index in [0.29, 0.717) is 22.8 Å². The third-order valence-electron chi connectivity index (χ3n) is 5.08. The second-order valence-corrected chi connectivity index (χ2v) is 7.98. The van der Waals surface area contributed by atoms with Crippen molar-refractivity contribution in [3.05, 3.63) is 73.8 Å². The first-order valence-electron chi connectivity index (χ1n) is 8.27. The molecule has 6 heteroatoms. The maximum atomic E-state index is 15.5. The van der Waals surface area contributed by atoms with Crippen LogP contribution in [0.2, 0.25) is 0 Å². The number of aromatic nitrogens is 1. The van der Waals surface area contributed by atoms with Crippen LogP contribution in [0.15, 0.2) is 47.7 Å². The summed E-state index contributed by atoms with van der Waals surface area (Å²) in [6.07, 6.45) is 1.86. The number of benzene rings is 1. The predicted molar refractivity (Wildman–Crippen MR) is 107 cm³/mol. The summed E-state index contributed by atoms with van der Waals surface area (Å²) in [7, 11) is 0. The number of halogens is 3. The molecule has 2 aliphatic heterocycles. The van der Waals surface area contributed by atoms with Crippen molar-refractivity contribution in [2.45, 2.75) is 27.7 Å². The molecule has 0 spiro atoms. The third kappa shape index (κ3) is 2.16. The lowest BCUT2D eigenvalue weighted by Crippen LogP contribution is -2.51. The van der Waals surface area contributed by atoms with Crippen LogP contribution < -0.4 is 0 Å². The minimum atomic E-state index is -3.90. The molecule has 128 valence electrons. The molecule has 0 fully saturated rings. The van der Waals surface area contributed by atoms with Crippen molar-refractivity contribution in [2.24, 2.45) is 0 Å². The number of allylic oxidation sites excluding steroid dienone is 2. The molecule has 0 unspecified atom stereocenters. The summed E-state index contributed by atoms with van der Waals surface area (Å²) in [5.41, 5.74) is 6.14. The van der Waals surface area contributed by atoms with Gasteiger partial charge in [0.15, 0.2) is 5.70 Å². The van der Waals surface area contributed by atoms with Crippen LogP contribution in [0, 0.1) is 17.4 Å². The topological polar surface area (TPSA) is 7.94 Å². The highest BCUT2D eigenvalue weighted by Gasteiger charge is 2.55. The SMILES string of the molecule is CC1=CC(C)=[N+]2C1=C(c1ccccc1I)c1c(C)cc(C)n1[B-]2(F)F. The summed E-state index contributed by atoms with van der Waals surface area (Å²) >= 11 is 2.28. The van der Waals surface area contributed by atoms with Gasteiger partial charge in [-0.15, -0.1) is 0 Å². The third-order valence-corrected chi connectivity index (χ3v) is 6.02. The standard InChI is InChI=1S/C19H18BF2IN2/c1-11-9-13(3)24-18(11)17(15-7-5-6-8-16(15)23)19-12(2)10-14(4)25(19)20(24,21)22/h5-10H,1-4H3. The van der Waals surface area contributed by atoms with Gasteiger partial charge in [-0.05, 0) is 66.8 Å². The van der Waals surface area contributed by atoms with Crippen molar-refractivity contribution in [3.63, 3.8) is 0 Å². The van der Waals surface area contributed by atoms with E-state index in [1.807, 2.05) is 50.3 Å². The van der Waals surface area contributed by atoms with E-state index in [1.54, 1.807) is 13.8 Å². The van der Waals surface area contributed by atoms with Gasteiger partial charge in [0.05, 0.1) is 5.57 Å². The van der Waals surface area contributed by atoms with Crippen LogP contribution in [-0.2, 0) is 0 Å². The van der Waals surface area contributed by atoms with Gasteiger partial charge < -0.3 is 17.6 Å². The van der Waals surface area contributed by atoms with Crippen molar-refractivity contribution in [1.82, 2.24) is 4.48 Å². The summed E-state index contributed by atoms with van der Waals surface area (Å²) in [6, 6.07) is 9.84. The van der Waals surface area contributed by atoms with Crippen LogP contribution >= 0.6 is 22.6 Å². The minimum absolute atomic E-state index is 0.595. The molecule has 0 bridgehead atoms. The molecule has 2 aliphatic rings. The van der Waals surface area contributed by atoms with Gasteiger partial charge in [0.1, 0.15) is 5.71 Å². The highest BCUT2D eigenvalue weighted by molar-refractivity contribution is 14.1. The van der Waals surface area contributed by atoms with Crippen LogP contribution in [0.5, 0.6) is 0 Å². The minimum Gasteiger partial charge on any atom is -0.393 e. The van der Waals surface area contributed by atoms with Crippen LogP contribution in [0.1, 0.15) is 36.4 Å². The molecular weight excluding hydrogens is 432 g/mol. The van der Waals surface area contributed by atoms with Gasteiger partial charge in [0.25, 0.3) is 0 Å². The second-order valence-electron chi connectivity index (χ2n) is 6.82. The van der Waals surface area contributed by atoms with Gasteiger partial charge in [-0.25, -0.2) is 0 Å². The van der Waals surface area contributed by atoms with E-state index in [4.69, 9.17) is 0 Å². The van der Waals surface area contributed by atoms with E-state index in [9.17, 15) is 0 Å². The molecule has 2 nitrogen and oxygen atoms in total. The monoisotopic (exact) mass is 450 g/mol. The summed E-state index contributed by atoms with van der Waals surface area (Å²) < 4.78 is 34.5. The summed E-state index contributed by atoms with van der Waals surface area (Å²) in [5.74, 6) is 0. The van der Waals surface area contributed by atoms with Crippen LogP contribution in [-0.4, -0.2) is 21.6 Å². The average molecular weight is 450 g/mol. The lowest BCUT2D eigenvalue weighted by molar-refractivity contribution is -0.363. The Kier molecular flexibility index (Phi) is 3.62. The Hall–Kier alpha value is -1.70. The maximum Gasteiger partial charge on any atom is 0.737 e. The Balaban J connectivity index is 2.22. The van der Waals surface area contributed by atoms with Crippen LogP contribution in [0.3, 0.4) is 0 Å². The zero-order chi connectivity index (χ0) is 18.1. The van der Waals surface area contributed by atoms with Crippen molar-refractivity contribution >= 4 is 40.8 Å². The van der Waals surface area contributed by atoms with Gasteiger partial charge in [-0.2, -0.15) is 0 Å². The first-order chi connectivity index (χ1) is 11.7. The lowest BCUT2D eigenvalue weighted by atomic mass is 9.84. The first kappa shape index (κ1) is 16.8. The van der Waals surface area contributed by atoms with Gasteiger partial charge >= 0.3 is 6.97 Å². The number of hydrogen-bond acceptors (Lipinski definition) is 0. The van der Waals surface area contributed by atoms with E-state index in [0.717, 1.165) is 25.8 Å². The Morgan fingerprint density at radius 3 is 2.44 bits per heavy atom. The van der Waals surface area contributed by atoms with Crippen molar-refractivity contribution in [1.29, 1.82) is 0 Å². The quantitative estimate of drug-likeness (QED) is 0.420.